The Labute approximate surface area is 147 Å². The Bertz CT molecular complexity index is 783. The number of aromatic amines is 1. The van der Waals surface area contributed by atoms with Crippen LogP contribution in [0.3, 0.4) is 0 Å². The van der Waals surface area contributed by atoms with E-state index in [9.17, 15) is 9.59 Å². The van der Waals surface area contributed by atoms with Crippen molar-refractivity contribution >= 4 is 22.7 Å². The molecule has 1 aliphatic heterocycles. The van der Waals surface area contributed by atoms with Gasteiger partial charge in [0.1, 0.15) is 11.3 Å². The molecular formula is C19H25N3O3. The zero-order chi connectivity index (χ0) is 17.9. The molecule has 3 N–H and O–H groups in total. The number of benzene rings is 1. The van der Waals surface area contributed by atoms with E-state index in [2.05, 4.69) is 15.6 Å². The molecule has 1 fully saturated rings. The van der Waals surface area contributed by atoms with Crippen LogP contribution in [0.4, 0.5) is 0 Å². The van der Waals surface area contributed by atoms with Gasteiger partial charge in [-0.2, -0.15) is 0 Å². The van der Waals surface area contributed by atoms with E-state index in [0.717, 1.165) is 35.1 Å². The van der Waals surface area contributed by atoms with E-state index in [1.807, 2.05) is 31.3 Å². The van der Waals surface area contributed by atoms with E-state index < -0.39 is 5.54 Å². The Morgan fingerprint density at radius 2 is 2.20 bits per heavy atom. The Morgan fingerprint density at radius 1 is 1.36 bits per heavy atom. The Morgan fingerprint density at radius 3 is 3.00 bits per heavy atom. The number of hydrogen-bond acceptors (Lipinski definition) is 3. The Kier molecular flexibility index (Phi) is 4.97. The lowest BCUT2D eigenvalue weighted by Gasteiger charge is -2.27. The van der Waals surface area contributed by atoms with Gasteiger partial charge in [0, 0.05) is 30.1 Å². The Hall–Kier alpha value is -2.50. The van der Waals surface area contributed by atoms with Crippen LogP contribution in [0.2, 0.25) is 0 Å². The van der Waals surface area contributed by atoms with Crippen molar-refractivity contribution in [2.75, 3.05) is 13.7 Å². The third-order valence-electron chi connectivity index (χ3n) is 4.90. The molecule has 0 spiro atoms. The van der Waals surface area contributed by atoms with Crippen molar-refractivity contribution in [3.8, 4) is 5.75 Å². The lowest BCUT2D eigenvalue weighted by atomic mass is 9.95. The molecule has 134 valence electrons. The number of fused-ring (bicyclic) bond motifs is 1. The first-order valence-electron chi connectivity index (χ1n) is 8.75. The summed E-state index contributed by atoms with van der Waals surface area (Å²) >= 11 is 0. The van der Waals surface area contributed by atoms with Gasteiger partial charge in [0.2, 0.25) is 11.8 Å². The van der Waals surface area contributed by atoms with Gasteiger partial charge in [0.25, 0.3) is 0 Å². The van der Waals surface area contributed by atoms with Crippen molar-refractivity contribution in [2.45, 2.75) is 44.6 Å². The summed E-state index contributed by atoms with van der Waals surface area (Å²) in [6, 6.07) is 5.90. The number of aromatic nitrogens is 1. The van der Waals surface area contributed by atoms with Crippen LogP contribution in [0.25, 0.3) is 10.9 Å². The molecule has 3 rings (SSSR count). The molecule has 0 radical (unpaired) electrons. The standard InChI is InChI=1S/C19H25N3O3/c1-19(9-4-3-5-17(23)22-19)18(24)20-10-8-13-12-21-16-7-6-14(25-2)11-15(13)16/h6-7,11-12,21H,3-5,8-10H2,1-2H3,(H,20,24)(H,22,23). The third-order valence-corrected chi connectivity index (χ3v) is 4.90. The van der Waals surface area contributed by atoms with Gasteiger partial charge >= 0.3 is 0 Å². The lowest BCUT2D eigenvalue weighted by molar-refractivity contribution is -0.132. The molecule has 2 heterocycles. The van der Waals surface area contributed by atoms with E-state index in [1.54, 1.807) is 7.11 Å². The van der Waals surface area contributed by atoms with E-state index in [0.29, 0.717) is 25.8 Å². The highest BCUT2D eigenvalue weighted by Crippen LogP contribution is 2.24. The molecule has 1 aromatic carbocycles. The van der Waals surface area contributed by atoms with Gasteiger partial charge in [-0.15, -0.1) is 0 Å². The number of hydrogen-bond donors (Lipinski definition) is 3. The van der Waals surface area contributed by atoms with E-state index in [-0.39, 0.29) is 11.8 Å². The summed E-state index contributed by atoms with van der Waals surface area (Å²) in [5, 5.41) is 6.94. The largest absolute Gasteiger partial charge is 0.497 e. The summed E-state index contributed by atoms with van der Waals surface area (Å²) in [5.41, 5.74) is 1.37. The molecule has 0 saturated carbocycles. The third kappa shape index (κ3) is 3.78. The number of ether oxygens (including phenoxy) is 1. The maximum absolute atomic E-state index is 12.6. The zero-order valence-corrected chi connectivity index (χ0v) is 14.8. The highest BCUT2D eigenvalue weighted by Gasteiger charge is 2.35. The predicted octanol–water partition coefficient (Wildman–Crippen LogP) is 2.28. The van der Waals surface area contributed by atoms with Crippen molar-refractivity contribution in [3.05, 3.63) is 30.0 Å². The molecule has 1 atom stereocenters. The van der Waals surface area contributed by atoms with Crippen LogP contribution < -0.4 is 15.4 Å². The van der Waals surface area contributed by atoms with Crippen molar-refractivity contribution < 1.29 is 14.3 Å². The SMILES string of the molecule is COc1ccc2[nH]cc(CCNC(=O)C3(C)CCCCC(=O)N3)c2c1. The average molecular weight is 343 g/mol. The van der Waals surface area contributed by atoms with Gasteiger partial charge in [0.05, 0.1) is 7.11 Å². The molecule has 2 aromatic rings. The number of H-pyrrole nitrogens is 1. The molecule has 6 heteroatoms. The molecule has 1 unspecified atom stereocenters. The first-order chi connectivity index (χ1) is 12.0. The number of rotatable bonds is 5. The fraction of sp³-hybridized carbons (Fsp3) is 0.474. The summed E-state index contributed by atoms with van der Waals surface area (Å²) in [4.78, 5) is 27.6. The van der Waals surface area contributed by atoms with E-state index in [1.165, 1.54) is 0 Å². The molecular weight excluding hydrogens is 318 g/mol. The Balaban J connectivity index is 1.62. The number of carbonyl (C=O) groups is 2. The molecule has 6 nitrogen and oxygen atoms in total. The maximum Gasteiger partial charge on any atom is 0.245 e. The number of amides is 2. The van der Waals surface area contributed by atoms with Crippen LogP contribution in [0.5, 0.6) is 5.75 Å². The topological polar surface area (TPSA) is 83.2 Å². The second-order valence-electron chi connectivity index (χ2n) is 6.82. The predicted molar refractivity (Wildman–Crippen MR) is 96.6 cm³/mol. The molecule has 1 saturated heterocycles. The highest BCUT2D eigenvalue weighted by molar-refractivity contribution is 5.91. The fourth-order valence-electron chi connectivity index (χ4n) is 3.36. The minimum Gasteiger partial charge on any atom is -0.497 e. The number of carbonyl (C=O) groups excluding carboxylic acids is 2. The summed E-state index contributed by atoms with van der Waals surface area (Å²) < 4.78 is 5.28. The average Bonchev–Trinajstić information content (AvgIpc) is 2.91. The number of methoxy groups -OCH3 is 1. The zero-order valence-electron chi connectivity index (χ0n) is 14.8. The minimum atomic E-state index is -0.809. The lowest BCUT2D eigenvalue weighted by Crippen LogP contribution is -2.56. The van der Waals surface area contributed by atoms with E-state index in [4.69, 9.17) is 4.74 Å². The van der Waals surface area contributed by atoms with Gasteiger partial charge in [-0.3, -0.25) is 9.59 Å². The molecule has 0 bridgehead atoms. The van der Waals surface area contributed by atoms with Crippen LogP contribution in [-0.2, 0) is 16.0 Å². The van der Waals surface area contributed by atoms with Gasteiger partial charge in [-0.1, -0.05) is 6.42 Å². The van der Waals surface area contributed by atoms with Crippen LogP contribution in [-0.4, -0.2) is 36.0 Å². The van der Waals surface area contributed by atoms with Crippen LogP contribution in [0.15, 0.2) is 24.4 Å². The van der Waals surface area contributed by atoms with Gasteiger partial charge in [-0.25, -0.2) is 0 Å². The van der Waals surface area contributed by atoms with Crippen molar-refractivity contribution in [1.29, 1.82) is 0 Å². The summed E-state index contributed by atoms with van der Waals surface area (Å²) in [7, 11) is 1.65. The summed E-state index contributed by atoms with van der Waals surface area (Å²) in [6.45, 7) is 2.33. The smallest absolute Gasteiger partial charge is 0.245 e. The van der Waals surface area contributed by atoms with Crippen molar-refractivity contribution in [2.24, 2.45) is 0 Å². The molecule has 1 aromatic heterocycles. The van der Waals surface area contributed by atoms with E-state index >= 15 is 0 Å². The van der Waals surface area contributed by atoms with Gasteiger partial charge in [0.15, 0.2) is 0 Å². The van der Waals surface area contributed by atoms with Gasteiger partial charge in [-0.05, 0) is 49.9 Å². The first kappa shape index (κ1) is 17.3. The van der Waals surface area contributed by atoms with Crippen LogP contribution in [0.1, 0.15) is 38.2 Å². The summed E-state index contributed by atoms with van der Waals surface area (Å²) in [6.07, 6.45) is 5.57. The first-order valence-corrected chi connectivity index (χ1v) is 8.75. The minimum absolute atomic E-state index is 0.0427. The molecule has 2 amide bonds. The van der Waals surface area contributed by atoms with Crippen LogP contribution >= 0.6 is 0 Å². The molecule has 25 heavy (non-hydrogen) atoms. The second kappa shape index (κ2) is 7.17. The monoisotopic (exact) mass is 343 g/mol. The number of nitrogens with one attached hydrogen (secondary N) is 3. The molecule has 1 aliphatic rings. The second-order valence-corrected chi connectivity index (χ2v) is 6.82. The summed E-state index contributed by atoms with van der Waals surface area (Å²) in [5.74, 6) is 0.658. The quantitative estimate of drug-likeness (QED) is 0.779. The van der Waals surface area contributed by atoms with Gasteiger partial charge < -0.3 is 20.4 Å². The fourth-order valence-corrected chi connectivity index (χ4v) is 3.36. The highest BCUT2D eigenvalue weighted by atomic mass is 16.5. The van der Waals surface area contributed by atoms with Crippen molar-refractivity contribution in [3.63, 3.8) is 0 Å². The van der Waals surface area contributed by atoms with Crippen LogP contribution in [0, 0.1) is 0 Å². The normalized spacial score (nSPS) is 20.8. The van der Waals surface area contributed by atoms with Crippen molar-refractivity contribution in [1.82, 2.24) is 15.6 Å². The maximum atomic E-state index is 12.6. The molecule has 0 aliphatic carbocycles.